The van der Waals surface area contributed by atoms with Crippen molar-refractivity contribution in [3.8, 4) is 5.75 Å². The van der Waals surface area contributed by atoms with Crippen molar-refractivity contribution >= 4 is 18.2 Å². The Morgan fingerprint density at radius 1 is 0.757 bits per heavy atom. The molecule has 37 heavy (non-hydrogen) atoms. The van der Waals surface area contributed by atoms with Gasteiger partial charge in [-0.05, 0) is 28.8 Å². The summed E-state index contributed by atoms with van der Waals surface area (Å²) in [4.78, 5) is 37.1. The van der Waals surface area contributed by atoms with Crippen LogP contribution in [-0.2, 0) is 38.6 Å². The van der Waals surface area contributed by atoms with Crippen LogP contribution >= 0.6 is 0 Å². The highest BCUT2D eigenvalue weighted by atomic mass is 16.7. The second kappa shape index (κ2) is 14.9. The van der Waals surface area contributed by atoms with E-state index in [-0.39, 0.29) is 31.3 Å². The Balaban J connectivity index is 1.54. The number of amides is 2. The lowest BCUT2D eigenvalue weighted by atomic mass is 10.1. The lowest BCUT2D eigenvalue weighted by Crippen LogP contribution is -2.48. The van der Waals surface area contributed by atoms with Gasteiger partial charge in [0.05, 0.1) is 6.61 Å². The van der Waals surface area contributed by atoms with Gasteiger partial charge in [0, 0.05) is 20.1 Å². The van der Waals surface area contributed by atoms with E-state index >= 15 is 0 Å². The average molecular weight is 507 g/mol. The van der Waals surface area contributed by atoms with Crippen LogP contribution in [0.1, 0.15) is 16.7 Å². The molecular weight excluding hydrogens is 476 g/mol. The van der Waals surface area contributed by atoms with Crippen molar-refractivity contribution in [2.24, 2.45) is 0 Å². The molecular formula is C28H30N2O7. The van der Waals surface area contributed by atoms with Crippen molar-refractivity contribution in [1.29, 1.82) is 0 Å². The standard InChI is InChI=1S/C28H30N2O7/c1-34-17-16-29-26(31)25(30-27(32)35-19-22-8-4-2-5-9-22)18-21-12-14-24(15-13-21)37-28(33)36-20-23-10-6-3-7-11-23/h2-15,25H,16-20H2,1H3,(H,29,31)(H,30,32)/t25-/m0/s1. The van der Waals surface area contributed by atoms with Crippen LogP contribution < -0.4 is 15.4 Å². The van der Waals surface area contributed by atoms with Crippen molar-refractivity contribution in [3.63, 3.8) is 0 Å². The summed E-state index contributed by atoms with van der Waals surface area (Å²) in [6.45, 7) is 0.814. The fraction of sp³-hybridized carbons (Fsp3) is 0.250. The maximum absolute atomic E-state index is 12.7. The smallest absolute Gasteiger partial charge is 0.445 e. The highest BCUT2D eigenvalue weighted by Crippen LogP contribution is 2.15. The molecule has 0 aromatic heterocycles. The minimum Gasteiger partial charge on any atom is -0.445 e. The zero-order valence-corrected chi connectivity index (χ0v) is 20.6. The normalized spacial score (nSPS) is 11.2. The van der Waals surface area contributed by atoms with E-state index in [2.05, 4.69) is 10.6 Å². The van der Waals surface area contributed by atoms with Gasteiger partial charge in [0.2, 0.25) is 5.91 Å². The van der Waals surface area contributed by atoms with E-state index in [4.69, 9.17) is 18.9 Å². The van der Waals surface area contributed by atoms with Crippen molar-refractivity contribution in [3.05, 3.63) is 102 Å². The Morgan fingerprint density at radius 3 is 1.95 bits per heavy atom. The molecule has 0 saturated carbocycles. The molecule has 0 aliphatic heterocycles. The fourth-order valence-corrected chi connectivity index (χ4v) is 3.29. The molecule has 9 nitrogen and oxygen atoms in total. The van der Waals surface area contributed by atoms with E-state index in [9.17, 15) is 14.4 Å². The van der Waals surface area contributed by atoms with Crippen molar-refractivity contribution in [1.82, 2.24) is 10.6 Å². The second-order valence-electron chi connectivity index (χ2n) is 8.02. The predicted molar refractivity (Wildman–Crippen MR) is 136 cm³/mol. The van der Waals surface area contributed by atoms with Gasteiger partial charge < -0.3 is 29.6 Å². The SMILES string of the molecule is COCCNC(=O)[C@H](Cc1ccc(OC(=O)OCc2ccccc2)cc1)NC(=O)OCc1ccccc1. The highest BCUT2D eigenvalue weighted by molar-refractivity contribution is 5.85. The van der Waals surface area contributed by atoms with Gasteiger partial charge in [0.1, 0.15) is 25.0 Å². The van der Waals surface area contributed by atoms with Gasteiger partial charge in [-0.15, -0.1) is 0 Å². The molecule has 2 amide bonds. The molecule has 0 radical (unpaired) electrons. The molecule has 3 aromatic rings. The van der Waals surface area contributed by atoms with Crippen LogP contribution in [0, 0.1) is 0 Å². The first kappa shape index (κ1) is 27.2. The quantitative estimate of drug-likeness (QED) is 0.217. The number of alkyl carbamates (subject to hydrolysis) is 1. The third kappa shape index (κ3) is 10.0. The summed E-state index contributed by atoms with van der Waals surface area (Å²) < 4.78 is 20.6. The van der Waals surface area contributed by atoms with E-state index in [0.717, 1.165) is 16.7 Å². The number of rotatable bonds is 12. The number of carbonyl (C=O) groups is 3. The lowest BCUT2D eigenvalue weighted by Gasteiger charge is -2.18. The molecule has 0 fully saturated rings. The number of carbonyl (C=O) groups excluding carboxylic acids is 3. The third-order valence-electron chi connectivity index (χ3n) is 5.19. The third-order valence-corrected chi connectivity index (χ3v) is 5.19. The van der Waals surface area contributed by atoms with E-state index in [1.807, 2.05) is 60.7 Å². The first-order chi connectivity index (χ1) is 18.0. The summed E-state index contributed by atoms with van der Waals surface area (Å²) in [5.41, 5.74) is 2.41. The molecule has 0 bridgehead atoms. The second-order valence-corrected chi connectivity index (χ2v) is 8.02. The van der Waals surface area contributed by atoms with Gasteiger partial charge in [-0.25, -0.2) is 9.59 Å². The van der Waals surface area contributed by atoms with Gasteiger partial charge in [0.25, 0.3) is 0 Å². The predicted octanol–water partition coefficient (Wildman–Crippen LogP) is 4.00. The number of methoxy groups -OCH3 is 1. The van der Waals surface area contributed by atoms with Crippen LogP contribution in [0.25, 0.3) is 0 Å². The summed E-state index contributed by atoms with van der Waals surface area (Å²) in [5, 5.41) is 5.35. The molecule has 194 valence electrons. The summed E-state index contributed by atoms with van der Waals surface area (Å²) in [7, 11) is 1.53. The van der Waals surface area contributed by atoms with E-state index in [1.54, 1.807) is 24.3 Å². The molecule has 0 heterocycles. The number of nitrogens with one attached hydrogen (secondary N) is 2. The highest BCUT2D eigenvalue weighted by Gasteiger charge is 2.22. The van der Waals surface area contributed by atoms with Gasteiger partial charge in [0.15, 0.2) is 0 Å². The molecule has 1 atom stereocenters. The van der Waals surface area contributed by atoms with Crippen LogP contribution in [0.4, 0.5) is 9.59 Å². The molecule has 3 aromatic carbocycles. The van der Waals surface area contributed by atoms with Crippen LogP contribution in [-0.4, -0.2) is 44.5 Å². The number of benzene rings is 3. The molecule has 2 N–H and O–H groups in total. The molecule has 0 spiro atoms. The van der Waals surface area contributed by atoms with Gasteiger partial charge >= 0.3 is 12.2 Å². The Morgan fingerprint density at radius 2 is 1.35 bits per heavy atom. The summed E-state index contributed by atoms with van der Waals surface area (Å²) in [5.74, 6) is -0.0864. The monoisotopic (exact) mass is 506 g/mol. The van der Waals surface area contributed by atoms with Crippen LogP contribution in [0.2, 0.25) is 0 Å². The Bertz CT molecular complexity index is 1120. The molecule has 0 saturated heterocycles. The maximum atomic E-state index is 12.7. The lowest BCUT2D eigenvalue weighted by molar-refractivity contribution is -0.123. The molecule has 0 aliphatic carbocycles. The number of hydrogen-bond donors (Lipinski definition) is 2. The van der Waals surface area contributed by atoms with Crippen LogP contribution in [0.5, 0.6) is 5.75 Å². The number of hydrogen-bond acceptors (Lipinski definition) is 7. The Hall–Kier alpha value is -4.37. The van der Waals surface area contributed by atoms with Gasteiger partial charge in [-0.1, -0.05) is 72.8 Å². The minimum atomic E-state index is -0.886. The topological polar surface area (TPSA) is 112 Å². The molecule has 3 rings (SSSR count). The fourth-order valence-electron chi connectivity index (χ4n) is 3.29. The van der Waals surface area contributed by atoms with Crippen LogP contribution in [0.15, 0.2) is 84.9 Å². The van der Waals surface area contributed by atoms with Crippen molar-refractivity contribution in [2.45, 2.75) is 25.7 Å². The minimum absolute atomic E-state index is 0.0805. The van der Waals surface area contributed by atoms with E-state index in [0.29, 0.717) is 13.2 Å². The zero-order valence-electron chi connectivity index (χ0n) is 20.6. The molecule has 9 heteroatoms. The largest absolute Gasteiger partial charge is 0.514 e. The van der Waals surface area contributed by atoms with E-state index < -0.39 is 18.3 Å². The summed E-state index contributed by atoms with van der Waals surface area (Å²) in [6.07, 6.45) is -1.34. The Labute approximate surface area is 215 Å². The van der Waals surface area contributed by atoms with Gasteiger partial charge in [-0.2, -0.15) is 0 Å². The summed E-state index contributed by atoms with van der Waals surface area (Å²) in [6, 6.07) is 24.2. The maximum Gasteiger partial charge on any atom is 0.514 e. The summed E-state index contributed by atoms with van der Waals surface area (Å²) >= 11 is 0. The van der Waals surface area contributed by atoms with Gasteiger partial charge in [-0.3, -0.25) is 4.79 Å². The average Bonchev–Trinajstić information content (AvgIpc) is 2.92. The van der Waals surface area contributed by atoms with Crippen molar-refractivity contribution in [2.75, 3.05) is 20.3 Å². The molecule has 0 aliphatic rings. The van der Waals surface area contributed by atoms with Crippen LogP contribution in [0.3, 0.4) is 0 Å². The van der Waals surface area contributed by atoms with Crippen molar-refractivity contribution < 1.29 is 33.3 Å². The Kier molecular flexibility index (Phi) is 11.0. The van der Waals surface area contributed by atoms with E-state index in [1.165, 1.54) is 7.11 Å². The zero-order chi connectivity index (χ0) is 26.3. The molecule has 0 unspecified atom stereocenters. The number of ether oxygens (including phenoxy) is 4. The first-order valence-electron chi connectivity index (χ1n) is 11.7. The first-order valence-corrected chi connectivity index (χ1v) is 11.7.